The summed E-state index contributed by atoms with van der Waals surface area (Å²) in [6.07, 6.45) is 0.485. The molecule has 3 aromatic carbocycles. The number of esters is 1. The van der Waals surface area contributed by atoms with Crippen molar-refractivity contribution in [1.82, 2.24) is 9.88 Å². The van der Waals surface area contributed by atoms with Crippen LogP contribution in [0.3, 0.4) is 0 Å². The van der Waals surface area contributed by atoms with E-state index in [-0.39, 0.29) is 12.0 Å². The number of aromatic amines is 1. The Morgan fingerprint density at radius 1 is 1.15 bits per heavy atom. The summed E-state index contributed by atoms with van der Waals surface area (Å²) in [7, 11) is 1.41. The van der Waals surface area contributed by atoms with Gasteiger partial charge >= 0.3 is 5.97 Å². The fraction of sp³-hybridized carbons (Fsp3) is 0.185. The Kier molecular flexibility index (Phi) is 6.05. The number of halogens is 2. The maximum absolute atomic E-state index is 13.1. The normalized spacial score (nSPS) is 17.8. The predicted molar refractivity (Wildman–Crippen MR) is 133 cm³/mol. The van der Waals surface area contributed by atoms with Gasteiger partial charge in [-0.2, -0.15) is 5.26 Å². The van der Waals surface area contributed by atoms with Gasteiger partial charge in [-0.15, -0.1) is 0 Å². The van der Waals surface area contributed by atoms with Crippen LogP contribution < -0.4 is 0 Å². The van der Waals surface area contributed by atoms with Gasteiger partial charge < -0.3 is 9.72 Å². The Labute approximate surface area is 207 Å². The van der Waals surface area contributed by atoms with E-state index >= 15 is 0 Å². The Hall–Kier alpha value is -3.30. The summed E-state index contributed by atoms with van der Waals surface area (Å²) in [5.74, 6) is -0.324. The van der Waals surface area contributed by atoms with Gasteiger partial charge in [0.1, 0.15) is 6.04 Å². The van der Waals surface area contributed by atoms with Crippen LogP contribution in [0, 0.1) is 11.3 Å². The molecule has 34 heavy (non-hydrogen) atoms. The summed E-state index contributed by atoms with van der Waals surface area (Å²) in [5, 5.41) is 11.3. The molecule has 1 aromatic heterocycles. The highest BCUT2D eigenvalue weighted by Crippen LogP contribution is 2.45. The minimum absolute atomic E-state index is 0.324. The number of benzene rings is 3. The van der Waals surface area contributed by atoms with Crippen molar-refractivity contribution < 1.29 is 9.53 Å². The number of hydrogen-bond donors (Lipinski definition) is 1. The average molecular weight is 490 g/mol. The van der Waals surface area contributed by atoms with Crippen molar-refractivity contribution in [1.29, 1.82) is 5.26 Å². The number of H-pyrrole nitrogens is 1. The van der Waals surface area contributed by atoms with Gasteiger partial charge in [0.05, 0.1) is 34.8 Å². The molecular weight excluding hydrogens is 469 g/mol. The summed E-state index contributed by atoms with van der Waals surface area (Å²) < 4.78 is 5.24. The second-order valence-electron chi connectivity index (χ2n) is 8.34. The quantitative estimate of drug-likeness (QED) is 0.355. The predicted octanol–water partition coefficient (Wildman–Crippen LogP) is 6.04. The van der Waals surface area contributed by atoms with Crippen molar-refractivity contribution in [2.45, 2.75) is 25.0 Å². The van der Waals surface area contributed by atoms with Crippen molar-refractivity contribution in [2.24, 2.45) is 0 Å². The maximum atomic E-state index is 13.1. The van der Waals surface area contributed by atoms with Gasteiger partial charge in [-0.3, -0.25) is 9.69 Å². The molecule has 0 saturated heterocycles. The van der Waals surface area contributed by atoms with Crippen molar-refractivity contribution in [3.63, 3.8) is 0 Å². The van der Waals surface area contributed by atoms with Crippen LogP contribution in [0.1, 0.15) is 34.0 Å². The lowest BCUT2D eigenvalue weighted by molar-refractivity contribution is -0.148. The maximum Gasteiger partial charge on any atom is 0.323 e. The summed E-state index contributed by atoms with van der Waals surface area (Å²) in [6, 6.07) is 22.3. The summed E-state index contributed by atoms with van der Waals surface area (Å²) >= 11 is 13.2. The highest BCUT2D eigenvalue weighted by atomic mass is 35.5. The molecular formula is C27H21Cl2N3O2. The molecule has 2 heterocycles. The Balaban J connectivity index is 1.74. The smallest absolute Gasteiger partial charge is 0.323 e. The van der Waals surface area contributed by atoms with Crippen LogP contribution in [-0.4, -0.2) is 29.0 Å². The van der Waals surface area contributed by atoms with Gasteiger partial charge in [0.2, 0.25) is 0 Å². The van der Waals surface area contributed by atoms with E-state index in [0.717, 1.165) is 33.3 Å². The van der Waals surface area contributed by atoms with Crippen molar-refractivity contribution in [3.8, 4) is 6.07 Å². The van der Waals surface area contributed by atoms with Crippen molar-refractivity contribution in [3.05, 3.63) is 105 Å². The van der Waals surface area contributed by atoms with E-state index < -0.39 is 6.04 Å². The van der Waals surface area contributed by atoms with Crippen molar-refractivity contribution in [2.75, 3.05) is 7.11 Å². The largest absolute Gasteiger partial charge is 0.468 e. The molecule has 0 bridgehead atoms. The summed E-state index contributed by atoms with van der Waals surface area (Å²) in [5.41, 5.74) is 5.30. The highest BCUT2D eigenvalue weighted by Gasteiger charge is 2.42. The van der Waals surface area contributed by atoms with Gasteiger partial charge in [0, 0.05) is 29.6 Å². The number of hydrogen-bond acceptors (Lipinski definition) is 4. The molecule has 170 valence electrons. The molecule has 0 fully saturated rings. The number of nitrogens with one attached hydrogen (secondary N) is 1. The van der Waals surface area contributed by atoms with Crippen LogP contribution >= 0.6 is 23.2 Å². The van der Waals surface area contributed by atoms with Crippen LogP contribution in [0.4, 0.5) is 0 Å². The van der Waals surface area contributed by atoms with Gasteiger partial charge in [-0.1, -0.05) is 65.7 Å². The number of fused-ring (bicyclic) bond motifs is 3. The first-order valence-corrected chi connectivity index (χ1v) is 11.6. The molecule has 1 aliphatic rings. The standard InChI is InChI=1S/C27H21Cl2N3O2/c1-34-27(33)23-13-20-18-8-2-3-11-22(18)31-25(20)26(19-9-5-10-21(28)24(19)29)32(23)15-17-7-4-6-16(12-17)14-30/h2-12,23,26,31H,13,15H2,1H3/t23-,26+/m0/s1. The van der Waals surface area contributed by atoms with Gasteiger partial charge in [-0.25, -0.2) is 0 Å². The molecule has 0 unspecified atom stereocenters. The third kappa shape index (κ3) is 3.84. The number of ether oxygens (including phenoxy) is 1. The Bertz CT molecular complexity index is 1440. The number of methoxy groups -OCH3 is 1. The van der Waals surface area contributed by atoms with E-state index in [1.54, 1.807) is 12.1 Å². The van der Waals surface area contributed by atoms with Crippen molar-refractivity contribution >= 4 is 40.1 Å². The fourth-order valence-electron chi connectivity index (χ4n) is 4.90. The highest BCUT2D eigenvalue weighted by molar-refractivity contribution is 6.42. The zero-order chi connectivity index (χ0) is 23.8. The topological polar surface area (TPSA) is 69.1 Å². The number of rotatable bonds is 4. The molecule has 5 nitrogen and oxygen atoms in total. The zero-order valence-electron chi connectivity index (χ0n) is 18.4. The lowest BCUT2D eigenvalue weighted by Crippen LogP contribution is -2.48. The molecule has 0 aliphatic carbocycles. The van der Waals surface area contributed by atoms with E-state index in [1.807, 2.05) is 48.5 Å². The van der Waals surface area contributed by atoms with E-state index in [4.69, 9.17) is 27.9 Å². The molecule has 0 radical (unpaired) electrons. The lowest BCUT2D eigenvalue weighted by Gasteiger charge is -2.41. The van der Waals surface area contributed by atoms with Crippen LogP contribution in [0.2, 0.25) is 10.0 Å². The Morgan fingerprint density at radius 3 is 2.74 bits per heavy atom. The third-order valence-corrected chi connectivity index (χ3v) is 7.25. The number of aromatic nitrogens is 1. The number of carbonyl (C=O) groups excluding carboxylic acids is 1. The molecule has 0 saturated carbocycles. The first-order valence-electron chi connectivity index (χ1n) is 10.9. The first kappa shape index (κ1) is 22.5. The van der Waals surface area contributed by atoms with Gasteiger partial charge in [0.15, 0.2) is 0 Å². The first-order chi connectivity index (χ1) is 16.5. The third-order valence-electron chi connectivity index (χ3n) is 6.42. The Morgan fingerprint density at radius 2 is 1.94 bits per heavy atom. The fourth-order valence-corrected chi connectivity index (χ4v) is 5.31. The molecule has 0 amide bonds. The minimum atomic E-state index is -0.553. The summed E-state index contributed by atoms with van der Waals surface area (Å²) in [6.45, 7) is 0.414. The molecule has 2 atom stereocenters. The zero-order valence-corrected chi connectivity index (χ0v) is 19.9. The molecule has 4 aromatic rings. The van der Waals surface area contributed by atoms with Gasteiger partial charge in [0.25, 0.3) is 0 Å². The molecule has 0 spiro atoms. The lowest BCUT2D eigenvalue weighted by atomic mass is 9.87. The number of nitrogens with zero attached hydrogens (tertiary/aromatic N) is 2. The minimum Gasteiger partial charge on any atom is -0.468 e. The van der Waals surface area contributed by atoms with E-state index in [2.05, 4.69) is 22.0 Å². The monoisotopic (exact) mass is 489 g/mol. The van der Waals surface area contributed by atoms with Crippen LogP contribution in [0.25, 0.3) is 10.9 Å². The van der Waals surface area contributed by atoms with Crippen LogP contribution in [-0.2, 0) is 22.5 Å². The second kappa shape index (κ2) is 9.15. The molecule has 1 N–H and O–H groups in total. The van der Waals surface area contributed by atoms with E-state index in [0.29, 0.717) is 28.6 Å². The number of para-hydroxylation sites is 1. The SMILES string of the molecule is COC(=O)[C@@H]1Cc2c([nH]c3ccccc23)[C@@H](c2cccc(Cl)c2Cl)N1Cc1cccc(C#N)c1. The second-order valence-corrected chi connectivity index (χ2v) is 9.12. The number of nitriles is 1. The van der Waals surface area contributed by atoms with E-state index in [1.165, 1.54) is 7.11 Å². The molecule has 1 aliphatic heterocycles. The van der Waals surface area contributed by atoms with Crippen LogP contribution in [0.5, 0.6) is 0 Å². The number of carbonyl (C=O) groups is 1. The van der Waals surface area contributed by atoms with E-state index in [9.17, 15) is 10.1 Å². The van der Waals surface area contributed by atoms with Gasteiger partial charge in [-0.05, 0) is 41.0 Å². The average Bonchev–Trinajstić information content (AvgIpc) is 3.23. The summed E-state index contributed by atoms with van der Waals surface area (Å²) in [4.78, 5) is 18.8. The molecule has 7 heteroatoms. The molecule has 5 rings (SSSR count). The van der Waals surface area contributed by atoms with Crippen LogP contribution in [0.15, 0.2) is 66.7 Å².